The van der Waals surface area contributed by atoms with E-state index in [1.165, 1.54) is 12.5 Å². The maximum Gasteiger partial charge on any atom is 0.186 e. The van der Waals surface area contributed by atoms with E-state index in [9.17, 15) is 4.39 Å². The van der Waals surface area contributed by atoms with E-state index in [2.05, 4.69) is 20.7 Å². The number of thiocarbonyl (C=S) groups is 1. The van der Waals surface area contributed by atoms with Crippen LogP contribution in [-0.2, 0) is 0 Å². The second-order valence-electron chi connectivity index (χ2n) is 5.10. The summed E-state index contributed by atoms with van der Waals surface area (Å²) < 4.78 is 14.3. The Hall–Kier alpha value is -1.69. The lowest BCUT2D eigenvalue weighted by atomic mass is 10.1. The fraction of sp³-hybridized carbons (Fsp3) is 0.467. The first-order chi connectivity index (χ1) is 10.1. The van der Waals surface area contributed by atoms with Crippen molar-refractivity contribution in [3.8, 4) is 0 Å². The molecular weight excluding hydrogens is 287 g/mol. The fourth-order valence-corrected chi connectivity index (χ4v) is 2.42. The van der Waals surface area contributed by atoms with Crippen molar-refractivity contribution in [3.63, 3.8) is 0 Å². The van der Waals surface area contributed by atoms with Crippen molar-refractivity contribution in [1.29, 1.82) is 0 Å². The molecular formula is C15H21FN4S. The molecule has 1 fully saturated rings. The van der Waals surface area contributed by atoms with Gasteiger partial charge in [-0.1, -0.05) is 6.07 Å². The quantitative estimate of drug-likeness (QED) is 0.511. The van der Waals surface area contributed by atoms with Crippen LogP contribution in [0.5, 0.6) is 0 Å². The zero-order valence-corrected chi connectivity index (χ0v) is 13.3. The molecule has 1 aliphatic rings. The second kappa shape index (κ2) is 7.36. The number of hydrazone groups is 1. The standard InChI is InChI=1S/C15H21FN4S/c1-11(18-19-15(21)17-2)12-6-7-14(13(16)10-12)20-8-4-3-5-9-20/h6-7,10H,3-5,8-9H2,1-2H3,(H2,17,19,21). The van der Waals surface area contributed by atoms with Crippen LogP contribution in [0.15, 0.2) is 23.3 Å². The molecule has 0 aromatic heterocycles. The first-order valence-electron chi connectivity index (χ1n) is 7.18. The minimum atomic E-state index is -0.194. The van der Waals surface area contributed by atoms with Crippen LogP contribution in [0.4, 0.5) is 10.1 Å². The zero-order valence-electron chi connectivity index (χ0n) is 12.4. The number of rotatable bonds is 3. The summed E-state index contributed by atoms with van der Waals surface area (Å²) in [6, 6.07) is 5.27. The molecule has 1 aliphatic heterocycles. The highest BCUT2D eigenvalue weighted by Crippen LogP contribution is 2.24. The summed E-state index contributed by atoms with van der Waals surface area (Å²) in [5.74, 6) is -0.194. The molecule has 4 nitrogen and oxygen atoms in total. The van der Waals surface area contributed by atoms with E-state index in [0.717, 1.165) is 31.5 Å². The molecule has 1 aromatic rings. The number of hydrogen-bond donors (Lipinski definition) is 2. The number of anilines is 1. The number of benzene rings is 1. The van der Waals surface area contributed by atoms with E-state index in [1.54, 1.807) is 7.05 Å². The van der Waals surface area contributed by atoms with Crippen molar-refractivity contribution in [2.24, 2.45) is 5.10 Å². The van der Waals surface area contributed by atoms with Crippen LogP contribution >= 0.6 is 12.2 Å². The van der Waals surface area contributed by atoms with Gasteiger partial charge in [0, 0.05) is 25.7 Å². The van der Waals surface area contributed by atoms with E-state index in [4.69, 9.17) is 12.2 Å². The van der Waals surface area contributed by atoms with E-state index in [-0.39, 0.29) is 5.82 Å². The van der Waals surface area contributed by atoms with E-state index in [1.807, 2.05) is 19.1 Å². The van der Waals surface area contributed by atoms with Crippen molar-refractivity contribution in [2.45, 2.75) is 26.2 Å². The van der Waals surface area contributed by atoms with Crippen LogP contribution in [0.3, 0.4) is 0 Å². The predicted octanol–water partition coefficient (Wildman–Crippen LogP) is 2.63. The molecule has 2 rings (SSSR count). The molecule has 0 spiro atoms. The highest BCUT2D eigenvalue weighted by Gasteiger charge is 2.15. The first kappa shape index (κ1) is 15.7. The van der Waals surface area contributed by atoms with Gasteiger partial charge < -0.3 is 10.2 Å². The first-order valence-corrected chi connectivity index (χ1v) is 7.59. The number of hydrogen-bond acceptors (Lipinski definition) is 3. The van der Waals surface area contributed by atoms with Crippen LogP contribution in [-0.4, -0.2) is 31.0 Å². The van der Waals surface area contributed by atoms with Gasteiger partial charge in [0.25, 0.3) is 0 Å². The lowest BCUT2D eigenvalue weighted by Gasteiger charge is -2.29. The number of nitrogens with zero attached hydrogens (tertiary/aromatic N) is 2. The maximum atomic E-state index is 14.3. The van der Waals surface area contributed by atoms with Gasteiger partial charge in [-0.15, -0.1) is 0 Å². The van der Waals surface area contributed by atoms with Gasteiger partial charge >= 0.3 is 0 Å². The third kappa shape index (κ3) is 4.14. The lowest BCUT2D eigenvalue weighted by Crippen LogP contribution is -2.30. The van der Waals surface area contributed by atoms with Gasteiger partial charge in [0.2, 0.25) is 0 Å². The molecule has 0 bridgehead atoms. The molecule has 0 unspecified atom stereocenters. The molecule has 0 aliphatic carbocycles. The van der Waals surface area contributed by atoms with Crippen LogP contribution in [0.1, 0.15) is 31.7 Å². The van der Waals surface area contributed by atoms with Gasteiger partial charge in [-0.2, -0.15) is 5.10 Å². The van der Waals surface area contributed by atoms with Crippen molar-refractivity contribution >= 4 is 28.7 Å². The summed E-state index contributed by atoms with van der Waals surface area (Å²) in [4.78, 5) is 2.11. The smallest absolute Gasteiger partial charge is 0.186 e. The highest BCUT2D eigenvalue weighted by atomic mass is 32.1. The minimum Gasteiger partial charge on any atom is -0.369 e. The summed E-state index contributed by atoms with van der Waals surface area (Å²) in [6.45, 7) is 3.68. The van der Waals surface area contributed by atoms with Crippen molar-refractivity contribution in [2.75, 3.05) is 25.0 Å². The molecule has 6 heteroatoms. The third-order valence-electron chi connectivity index (χ3n) is 3.61. The summed E-state index contributed by atoms with van der Waals surface area (Å²) in [5, 5.41) is 7.33. The van der Waals surface area contributed by atoms with E-state index in [0.29, 0.717) is 16.5 Å². The molecule has 114 valence electrons. The monoisotopic (exact) mass is 308 g/mol. The number of piperidine rings is 1. The Balaban J connectivity index is 2.12. The average molecular weight is 308 g/mol. The molecule has 1 aromatic carbocycles. The molecule has 1 heterocycles. The minimum absolute atomic E-state index is 0.194. The molecule has 2 N–H and O–H groups in total. The van der Waals surface area contributed by atoms with Gasteiger partial charge in [-0.3, -0.25) is 5.43 Å². The van der Waals surface area contributed by atoms with Gasteiger partial charge in [0.1, 0.15) is 5.82 Å². The maximum absolute atomic E-state index is 14.3. The largest absolute Gasteiger partial charge is 0.369 e. The SMILES string of the molecule is CNC(=S)NN=C(C)c1ccc(N2CCCCC2)c(F)c1. The molecule has 0 atom stereocenters. The Morgan fingerprint density at radius 2 is 2.00 bits per heavy atom. The van der Waals surface area contributed by atoms with Gasteiger partial charge in [-0.25, -0.2) is 4.39 Å². The number of halogens is 1. The lowest BCUT2D eigenvalue weighted by molar-refractivity contribution is 0.557. The van der Waals surface area contributed by atoms with Gasteiger partial charge in [0.15, 0.2) is 5.11 Å². The Labute approximate surface area is 130 Å². The Morgan fingerprint density at radius 1 is 1.29 bits per heavy atom. The molecule has 0 saturated carbocycles. The Morgan fingerprint density at radius 3 is 2.62 bits per heavy atom. The molecule has 0 amide bonds. The Kier molecular flexibility index (Phi) is 5.50. The second-order valence-corrected chi connectivity index (χ2v) is 5.51. The molecule has 1 saturated heterocycles. The average Bonchev–Trinajstić information content (AvgIpc) is 2.52. The van der Waals surface area contributed by atoms with Crippen molar-refractivity contribution in [1.82, 2.24) is 10.7 Å². The molecule has 21 heavy (non-hydrogen) atoms. The van der Waals surface area contributed by atoms with Gasteiger partial charge in [-0.05, 0) is 50.5 Å². The van der Waals surface area contributed by atoms with E-state index >= 15 is 0 Å². The zero-order chi connectivity index (χ0) is 15.2. The highest BCUT2D eigenvalue weighted by molar-refractivity contribution is 7.80. The Bertz CT molecular complexity index is 538. The summed E-state index contributed by atoms with van der Waals surface area (Å²) >= 11 is 4.95. The van der Waals surface area contributed by atoms with Crippen LogP contribution < -0.4 is 15.6 Å². The van der Waals surface area contributed by atoms with Gasteiger partial charge in [0.05, 0.1) is 11.4 Å². The third-order valence-corrected chi connectivity index (χ3v) is 3.91. The summed E-state index contributed by atoms with van der Waals surface area (Å²) in [6.07, 6.45) is 3.50. The summed E-state index contributed by atoms with van der Waals surface area (Å²) in [5.41, 5.74) is 4.83. The summed E-state index contributed by atoms with van der Waals surface area (Å²) in [7, 11) is 1.72. The van der Waals surface area contributed by atoms with Crippen LogP contribution in [0.2, 0.25) is 0 Å². The van der Waals surface area contributed by atoms with Crippen molar-refractivity contribution in [3.05, 3.63) is 29.6 Å². The predicted molar refractivity (Wildman–Crippen MR) is 89.5 cm³/mol. The van der Waals surface area contributed by atoms with Crippen molar-refractivity contribution < 1.29 is 4.39 Å². The normalized spacial score (nSPS) is 15.8. The van der Waals surface area contributed by atoms with Crippen LogP contribution in [0, 0.1) is 5.82 Å². The topological polar surface area (TPSA) is 39.7 Å². The van der Waals surface area contributed by atoms with Crippen LogP contribution in [0.25, 0.3) is 0 Å². The fourth-order valence-electron chi connectivity index (χ4n) is 2.38. The van der Waals surface area contributed by atoms with E-state index < -0.39 is 0 Å². The number of nitrogens with one attached hydrogen (secondary N) is 2. The molecule has 0 radical (unpaired) electrons.